The van der Waals surface area contributed by atoms with Crippen molar-refractivity contribution in [3.05, 3.63) is 27.0 Å². The number of H-pyrrole nitrogens is 1. The number of phosphoric ester groups is 1. The van der Waals surface area contributed by atoms with E-state index in [-0.39, 0.29) is 18.6 Å². The summed E-state index contributed by atoms with van der Waals surface area (Å²) in [4.78, 5) is 60.8. The molecule has 2 unspecified atom stereocenters. The zero-order valence-corrected chi connectivity index (χ0v) is 17.2. The summed E-state index contributed by atoms with van der Waals surface area (Å²) in [7, 11) is -15.1. The monoisotopic (exact) mass is 482 g/mol. The molecule has 1 aliphatic rings. The molecule has 16 nitrogen and oxygen atoms in total. The number of nitrogens with one attached hydrogen (secondary N) is 1. The minimum atomic E-state index is -5.61. The van der Waals surface area contributed by atoms with Crippen molar-refractivity contribution < 1.29 is 55.9 Å². The molecule has 2 rings (SSSR count). The van der Waals surface area contributed by atoms with E-state index in [9.17, 15) is 28.2 Å². The zero-order chi connectivity index (χ0) is 22.0. The molecule has 1 saturated heterocycles. The maximum Gasteiger partial charge on any atom is 0.490 e. The second kappa shape index (κ2) is 8.92. The van der Waals surface area contributed by atoms with Crippen molar-refractivity contribution in [1.82, 2.24) is 9.55 Å². The molecule has 1 aromatic rings. The van der Waals surface area contributed by atoms with Crippen LogP contribution in [0, 0.1) is 0 Å². The van der Waals surface area contributed by atoms with Gasteiger partial charge >= 0.3 is 29.2 Å². The van der Waals surface area contributed by atoms with Crippen molar-refractivity contribution in [3.8, 4) is 5.75 Å². The van der Waals surface area contributed by atoms with Gasteiger partial charge in [-0.25, -0.2) is 18.5 Å². The van der Waals surface area contributed by atoms with Gasteiger partial charge in [0.05, 0.1) is 26.0 Å². The first-order valence-electron chi connectivity index (χ1n) is 7.54. The number of aromatic nitrogens is 2. The van der Waals surface area contributed by atoms with E-state index in [0.29, 0.717) is 0 Å². The van der Waals surface area contributed by atoms with Gasteiger partial charge in [-0.1, -0.05) is 0 Å². The summed E-state index contributed by atoms with van der Waals surface area (Å²) in [6.07, 6.45) is -0.165. The average Bonchev–Trinajstić information content (AvgIpc) is 2.98. The van der Waals surface area contributed by atoms with Gasteiger partial charge in [0.15, 0.2) is 0 Å². The first kappa shape index (κ1) is 24.1. The first-order chi connectivity index (χ1) is 13.2. The largest absolute Gasteiger partial charge is 0.490 e. The number of rotatable bonds is 9. The molecule has 1 aromatic heterocycles. The topological polar surface area (TPSA) is 233 Å². The molecule has 0 aliphatic carbocycles. The van der Waals surface area contributed by atoms with Crippen LogP contribution in [0.2, 0.25) is 0 Å². The Bertz CT molecular complexity index is 996. The molecule has 0 bridgehead atoms. The summed E-state index contributed by atoms with van der Waals surface area (Å²) >= 11 is 0. The van der Waals surface area contributed by atoms with Crippen molar-refractivity contribution in [3.63, 3.8) is 0 Å². The molecule has 2 heterocycles. The molecule has 29 heavy (non-hydrogen) atoms. The number of ether oxygens (including phenoxy) is 2. The first-order valence-corrected chi connectivity index (χ1v) is 12.1. The van der Waals surface area contributed by atoms with E-state index in [0.717, 1.165) is 10.8 Å². The fourth-order valence-corrected chi connectivity index (χ4v) is 5.37. The van der Waals surface area contributed by atoms with E-state index in [1.54, 1.807) is 0 Å². The fraction of sp³-hybridized carbons (Fsp3) is 0.600. The Hall–Kier alpha value is -1.15. The second-order valence-corrected chi connectivity index (χ2v) is 9.96. The predicted molar refractivity (Wildman–Crippen MR) is 90.8 cm³/mol. The molecule has 5 N–H and O–H groups in total. The molecular formula is C10H17N2O14P3. The van der Waals surface area contributed by atoms with Crippen LogP contribution in [-0.2, 0) is 31.6 Å². The Kier molecular flexibility index (Phi) is 7.42. The minimum Gasteiger partial charge on any atom is -0.490 e. The van der Waals surface area contributed by atoms with Gasteiger partial charge in [-0.2, -0.15) is 8.62 Å². The van der Waals surface area contributed by atoms with Crippen LogP contribution in [0.15, 0.2) is 15.8 Å². The fourth-order valence-electron chi connectivity index (χ4n) is 2.32. The standard InChI is InChI=1S/C10H17N2O14P3/c1-22-7-4-12(10(14)11-9(7)13)8-3-2-6(24-8)5-23-28(18,19)26-29(20,21)25-27(15,16)17/h4,6,8H,2-3,5H2,1H3,(H,18,19)(H,20,21)(H,11,13,14)(H2,15,16,17)/t6-,8+/m0/s1. The van der Waals surface area contributed by atoms with Crippen molar-refractivity contribution in [1.29, 1.82) is 0 Å². The summed E-state index contributed by atoms with van der Waals surface area (Å²) in [5, 5.41) is 0. The Balaban J connectivity index is 1.98. The molecule has 1 aliphatic heterocycles. The van der Waals surface area contributed by atoms with E-state index in [1.165, 1.54) is 7.11 Å². The summed E-state index contributed by atoms with van der Waals surface area (Å²) < 4.78 is 56.4. The predicted octanol–water partition coefficient (Wildman–Crippen LogP) is -0.434. The van der Waals surface area contributed by atoms with Crippen LogP contribution in [0.25, 0.3) is 0 Å². The van der Waals surface area contributed by atoms with Crippen molar-refractivity contribution in [2.24, 2.45) is 0 Å². The van der Waals surface area contributed by atoms with E-state index in [2.05, 4.69) is 13.1 Å². The van der Waals surface area contributed by atoms with Crippen LogP contribution in [0.5, 0.6) is 5.75 Å². The van der Waals surface area contributed by atoms with Gasteiger partial charge in [0.2, 0.25) is 5.75 Å². The maximum absolute atomic E-state index is 11.9. The van der Waals surface area contributed by atoms with Crippen LogP contribution in [-0.4, -0.2) is 48.9 Å². The van der Waals surface area contributed by atoms with E-state index in [4.69, 9.17) is 24.2 Å². The molecule has 0 aromatic carbocycles. The normalized spacial score (nSPS) is 24.0. The van der Waals surface area contributed by atoms with E-state index >= 15 is 0 Å². The summed E-state index contributed by atoms with van der Waals surface area (Å²) in [5.41, 5.74) is -1.52. The third-order valence-electron chi connectivity index (χ3n) is 3.39. The highest BCUT2D eigenvalue weighted by Crippen LogP contribution is 2.66. The quantitative estimate of drug-likeness (QED) is 0.281. The number of hydrogen-bond donors (Lipinski definition) is 5. The van der Waals surface area contributed by atoms with E-state index < -0.39 is 53.7 Å². The summed E-state index contributed by atoms with van der Waals surface area (Å²) in [5.74, 6) is -0.148. The Morgan fingerprint density at radius 2 is 1.79 bits per heavy atom. The average molecular weight is 482 g/mol. The number of nitrogens with zero attached hydrogens (tertiary/aromatic N) is 1. The minimum absolute atomic E-state index is 0.148. The van der Waals surface area contributed by atoms with Crippen LogP contribution >= 0.6 is 23.5 Å². The van der Waals surface area contributed by atoms with Gasteiger partial charge in [-0.05, 0) is 12.8 Å². The summed E-state index contributed by atoms with van der Waals surface area (Å²) in [6.45, 7) is -0.643. The maximum atomic E-state index is 11.9. The number of methoxy groups -OCH3 is 1. The molecule has 4 atom stereocenters. The molecule has 166 valence electrons. The lowest BCUT2D eigenvalue weighted by Gasteiger charge is -2.19. The van der Waals surface area contributed by atoms with E-state index in [1.807, 2.05) is 4.98 Å². The SMILES string of the molecule is COc1cn([C@H]2CC[C@@H](COP(=O)(O)OP(=O)(O)OP(=O)(O)O)O2)c(=O)[nH]c1=O. The van der Waals surface area contributed by atoms with Gasteiger partial charge in [0.25, 0.3) is 5.56 Å². The lowest BCUT2D eigenvalue weighted by molar-refractivity contribution is -0.0246. The van der Waals surface area contributed by atoms with Crippen LogP contribution in [0.4, 0.5) is 0 Å². The highest BCUT2D eigenvalue weighted by molar-refractivity contribution is 7.66. The van der Waals surface area contributed by atoms with Gasteiger partial charge in [0, 0.05) is 0 Å². The summed E-state index contributed by atoms with van der Waals surface area (Å²) in [6, 6.07) is 0. The van der Waals surface area contributed by atoms with Crippen molar-refractivity contribution in [2.45, 2.75) is 25.2 Å². The Morgan fingerprint density at radius 3 is 2.38 bits per heavy atom. The molecule has 1 fully saturated rings. The lowest BCUT2D eigenvalue weighted by Crippen LogP contribution is -2.33. The molecule has 0 amide bonds. The Morgan fingerprint density at radius 1 is 1.14 bits per heavy atom. The van der Waals surface area contributed by atoms with Gasteiger partial charge in [-0.3, -0.25) is 18.9 Å². The second-order valence-electron chi connectivity index (χ2n) is 5.54. The number of phosphoric acid groups is 3. The van der Waals surface area contributed by atoms with Gasteiger partial charge < -0.3 is 29.0 Å². The molecule has 0 radical (unpaired) electrons. The molecular weight excluding hydrogens is 465 g/mol. The number of hydrogen-bond acceptors (Lipinski definition) is 10. The zero-order valence-electron chi connectivity index (χ0n) is 14.5. The highest BCUT2D eigenvalue weighted by atomic mass is 31.3. The highest BCUT2D eigenvalue weighted by Gasteiger charge is 2.41. The van der Waals surface area contributed by atoms with Crippen LogP contribution < -0.4 is 16.0 Å². The van der Waals surface area contributed by atoms with Crippen molar-refractivity contribution in [2.75, 3.05) is 13.7 Å². The number of aromatic amines is 1. The third-order valence-corrected chi connectivity index (χ3v) is 7.19. The third kappa shape index (κ3) is 7.24. The van der Waals surface area contributed by atoms with Crippen molar-refractivity contribution >= 4 is 23.5 Å². The Labute approximate surface area is 161 Å². The van der Waals surface area contributed by atoms with Crippen LogP contribution in [0.3, 0.4) is 0 Å². The molecule has 19 heteroatoms. The lowest BCUT2D eigenvalue weighted by atomic mass is 10.2. The van der Waals surface area contributed by atoms with Gasteiger partial charge in [0.1, 0.15) is 6.23 Å². The molecule has 0 spiro atoms. The smallest absolute Gasteiger partial charge is 0.490 e. The molecule has 0 saturated carbocycles. The van der Waals surface area contributed by atoms with Gasteiger partial charge in [-0.15, -0.1) is 0 Å². The van der Waals surface area contributed by atoms with Crippen LogP contribution in [0.1, 0.15) is 19.1 Å².